The summed E-state index contributed by atoms with van der Waals surface area (Å²) in [6.07, 6.45) is 0.851. The van der Waals surface area contributed by atoms with E-state index in [1.54, 1.807) is 17.0 Å². The first kappa shape index (κ1) is 20.9. The van der Waals surface area contributed by atoms with E-state index in [0.717, 1.165) is 25.1 Å². The summed E-state index contributed by atoms with van der Waals surface area (Å²) >= 11 is 6.06. The Morgan fingerprint density at radius 2 is 2.18 bits per heavy atom. The molecule has 154 valence electrons. The van der Waals surface area contributed by atoms with E-state index in [4.69, 9.17) is 26.8 Å². The second-order valence-corrected chi connectivity index (χ2v) is 8.29. The second kappa shape index (κ2) is 8.68. The Kier molecular flexibility index (Phi) is 6.47. The van der Waals surface area contributed by atoms with E-state index < -0.39 is 11.5 Å². The molecule has 0 aliphatic carbocycles. The average molecular weight is 410 g/mol. The molecule has 2 saturated heterocycles. The molecular formula is C20H28ClN3O4. The zero-order valence-corrected chi connectivity index (χ0v) is 17.2. The summed E-state index contributed by atoms with van der Waals surface area (Å²) < 4.78 is 11.9. The van der Waals surface area contributed by atoms with Gasteiger partial charge in [-0.3, -0.25) is 9.59 Å². The molecule has 2 heterocycles. The van der Waals surface area contributed by atoms with Crippen molar-refractivity contribution in [3.63, 3.8) is 0 Å². The Bertz CT molecular complexity index is 744. The highest BCUT2D eigenvalue weighted by atomic mass is 35.5. The number of benzene rings is 1. The molecule has 0 bridgehead atoms. The number of hydrogen-bond acceptors (Lipinski definition) is 5. The van der Waals surface area contributed by atoms with Gasteiger partial charge in [-0.25, -0.2) is 0 Å². The van der Waals surface area contributed by atoms with Crippen molar-refractivity contribution in [3.8, 4) is 5.75 Å². The maximum absolute atomic E-state index is 12.9. The molecule has 7 nitrogen and oxygen atoms in total. The minimum Gasteiger partial charge on any atom is -0.490 e. The molecule has 0 radical (unpaired) electrons. The van der Waals surface area contributed by atoms with Crippen LogP contribution in [0.5, 0.6) is 5.75 Å². The molecule has 2 N–H and O–H groups in total. The number of aryl methyl sites for hydroxylation is 1. The van der Waals surface area contributed by atoms with E-state index in [1.165, 1.54) is 0 Å². The summed E-state index contributed by atoms with van der Waals surface area (Å²) in [4.78, 5) is 28.6. The van der Waals surface area contributed by atoms with Crippen LogP contribution in [0.25, 0.3) is 0 Å². The first-order valence-corrected chi connectivity index (χ1v) is 9.94. The largest absolute Gasteiger partial charge is 0.490 e. The first-order chi connectivity index (χ1) is 13.3. The molecule has 2 fully saturated rings. The number of halogens is 1. The summed E-state index contributed by atoms with van der Waals surface area (Å²) in [6, 6.07) is 5.37. The minimum absolute atomic E-state index is 0.00536. The fourth-order valence-electron chi connectivity index (χ4n) is 3.91. The third-order valence-electron chi connectivity index (χ3n) is 5.43. The SMILES string of the molecule is Cc1cc(OC[C@@]2(CC(N)=O)CN(C(=O)[C@@H]3CCN(C)C3)CCO2)ccc1Cl. The Hall–Kier alpha value is -1.83. The molecule has 1 aromatic rings. The van der Waals surface area contributed by atoms with Gasteiger partial charge in [0.05, 0.1) is 25.5 Å². The average Bonchev–Trinajstić information content (AvgIpc) is 3.08. The molecule has 1 aromatic carbocycles. The maximum atomic E-state index is 12.9. The predicted molar refractivity (Wildman–Crippen MR) is 106 cm³/mol. The lowest BCUT2D eigenvalue weighted by atomic mass is 9.96. The van der Waals surface area contributed by atoms with Crippen LogP contribution in [0.3, 0.4) is 0 Å². The number of nitrogens with two attached hydrogens (primary N) is 1. The normalized spacial score (nSPS) is 25.7. The fraction of sp³-hybridized carbons (Fsp3) is 0.600. The molecule has 2 aliphatic rings. The number of ether oxygens (including phenoxy) is 2. The van der Waals surface area contributed by atoms with Crippen molar-refractivity contribution in [1.29, 1.82) is 0 Å². The van der Waals surface area contributed by atoms with Crippen LogP contribution in [0, 0.1) is 12.8 Å². The molecule has 0 aromatic heterocycles. The van der Waals surface area contributed by atoms with E-state index in [9.17, 15) is 9.59 Å². The Balaban J connectivity index is 1.71. The van der Waals surface area contributed by atoms with Crippen molar-refractivity contribution < 1.29 is 19.1 Å². The van der Waals surface area contributed by atoms with E-state index in [-0.39, 0.29) is 24.9 Å². The topological polar surface area (TPSA) is 85.1 Å². The summed E-state index contributed by atoms with van der Waals surface area (Å²) in [7, 11) is 2.02. The van der Waals surface area contributed by atoms with Crippen LogP contribution < -0.4 is 10.5 Å². The fourth-order valence-corrected chi connectivity index (χ4v) is 4.03. The van der Waals surface area contributed by atoms with E-state index in [2.05, 4.69) is 4.90 Å². The molecule has 0 saturated carbocycles. The van der Waals surface area contributed by atoms with Gasteiger partial charge in [-0.05, 0) is 50.7 Å². The van der Waals surface area contributed by atoms with E-state index in [1.807, 2.05) is 20.0 Å². The van der Waals surface area contributed by atoms with Gasteiger partial charge in [-0.15, -0.1) is 0 Å². The van der Waals surface area contributed by atoms with Gasteiger partial charge in [0.25, 0.3) is 0 Å². The summed E-state index contributed by atoms with van der Waals surface area (Å²) in [5.74, 6) is 0.263. The van der Waals surface area contributed by atoms with Gasteiger partial charge in [0.15, 0.2) is 0 Å². The Morgan fingerprint density at radius 3 is 2.82 bits per heavy atom. The van der Waals surface area contributed by atoms with Gasteiger partial charge in [0.1, 0.15) is 18.0 Å². The van der Waals surface area contributed by atoms with E-state index >= 15 is 0 Å². The third kappa shape index (κ3) is 4.96. The third-order valence-corrected chi connectivity index (χ3v) is 5.85. The molecule has 2 amide bonds. The lowest BCUT2D eigenvalue weighted by Crippen LogP contribution is -2.58. The number of amides is 2. The van der Waals surface area contributed by atoms with Gasteiger partial charge >= 0.3 is 0 Å². The molecule has 0 spiro atoms. The van der Waals surface area contributed by atoms with Crippen LogP contribution in [-0.4, -0.2) is 73.7 Å². The van der Waals surface area contributed by atoms with Crippen LogP contribution in [0.15, 0.2) is 18.2 Å². The van der Waals surface area contributed by atoms with Crippen molar-refractivity contribution >= 4 is 23.4 Å². The zero-order valence-electron chi connectivity index (χ0n) is 16.4. The number of likely N-dealkylation sites (tertiary alicyclic amines) is 1. The lowest BCUT2D eigenvalue weighted by Gasteiger charge is -2.42. The van der Waals surface area contributed by atoms with Crippen LogP contribution in [0.4, 0.5) is 0 Å². The van der Waals surface area contributed by atoms with Crippen molar-refractivity contribution in [2.75, 3.05) is 46.4 Å². The molecule has 8 heteroatoms. The quantitative estimate of drug-likeness (QED) is 0.768. The minimum atomic E-state index is -0.947. The molecule has 0 unspecified atom stereocenters. The molecule has 2 aliphatic heterocycles. The van der Waals surface area contributed by atoms with Gasteiger partial charge in [0, 0.05) is 18.1 Å². The maximum Gasteiger partial charge on any atom is 0.227 e. The number of carbonyl (C=O) groups excluding carboxylic acids is 2. The van der Waals surface area contributed by atoms with Crippen molar-refractivity contribution in [2.24, 2.45) is 11.7 Å². The number of rotatable bonds is 6. The highest BCUT2D eigenvalue weighted by Crippen LogP contribution is 2.28. The summed E-state index contributed by atoms with van der Waals surface area (Å²) in [5.41, 5.74) is 5.43. The lowest BCUT2D eigenvalue weighted by molar-refractivity contribution is -0.164. The number of nitrogens with zero attached hydrogens (tertiary/aromatic N) is 2. The molecule has 28 heavy (non-hydrogen) atoms. The van der Waals surface area contributed by atoms with Gasteiger partial charge in [-0.1, -0.05) is 11.6 Å². The number of carbonyl (C=O) groups is 2. The first-order valence-electron chi connectivity index (χ1n) is 9.56. The van der Waals surface area contributed by atoms with Crippen molar-refractivity contribution in [2.45, 2.75) is 25.4 Å². The van der Waals surface area contributed by atoms with Crippen molar-refractivity contribution in [1.82, 2.24) is 9.80 Å². The van der Waals surface area contributed by atoms with Gasteiger partial charge in [-0.2, -0.15) is 0 Å². The van der Waals surface area contributed by atoms with Crippen molar-refractivity contribution in [3.05, 3.63) is 28.8 Å². The van der Waals surface area contributed by atoms with Crippen LogP contribution in [0.2, 0.25) is 5.02 Å². The van der Waals surface area contributed by atoms with Crippen LogP contribution in [-0.2, 0) is 14.3 Å². The van der Waals surface area contributed by atoms with Gasteiger partial charge in [0.2, 0.25) is 11.8 Å². The summed E-state index contributed by atoms with van der Waals surface area (Å²) in [5, 5.41) is 0.659. The predicted octanol–water partition coefficient (Wildman–Crippen LogP) is 1.45. The Labute approximate surface area is 170 Å². The Morgan fingerprint density at radius 1 is 1.39 bits per heavy atom. The number of hydrogen-bond donors (Lipinski definition) is 1. The number of morpholine rings is 1. The van der Waals surface area contributed by atoms with Crippen LogP contribution in [0.1, 0.15) is 18.4 Å². The number of primary amides is 1. The van der Waals surface area contributed by atoms with Gasteiger partial charge < -0.3 is 25.0 Å². The van der Waals surface area contributed by atoms with E-state index in [0.29, 0.717) is 30.5 Å². The highest BCUT2D eigenvalue weighted by molar-refractivity contribution is 6.31. The smallest absolute Gasteiger partial charge is 0.227 e. The summed E-state index contributed by atoms with van der Waals surface area (Å²) in [6.45, 7) is 4.87. The highest BCUT2D eigenvalue weighted by Gasteiger charge is 2.42. The molecule has 2 atom stereocenters. The van der Waals surface area contributed by atoms with Crippen LogP contribution >= 0.6 is 11.6 Å². The zero-order chi connectivity index (χ0) is 20.3. The standard InChI is InChI=1S/C20H28ClN3O4/c1-14-9-16(3-4-17(14)21)27-13-20(10-18(22)25)12-24(7-8-28-20)19(26)15-5-6-23(2)11-15/h3-4,9,15H,5-8,10-13H2,1-2H3,(H2,22,25)/t15-,20-/m1/s1. The second-order valence-electron chi connectivity index (χ2n) is 7.88. The molecule has 3 rings (SSSR count). The molecular weight excluding hydrogens is 382 g/mol. The monoisotopic (exact) mass is 409 g/mol.